The lowest BCUT2D eigenvalue weighted by Crippen LogP contribution is -2.37. The zero-order valence-electron chi connectivity index (χ0n) is 15.2. The SMILES string of the molecule is C[C@H]1c2c([nH]c3c(Cl)c(Cl)ccc23)CCN1C(O)c1nccc(OCCO)n1. The van der Waals surface area contributed by atoms with E-state index in [2.05, 4.69) is 15.0 Å². The highest BCUT2D eigenvalue weighted by atomic mass is 35.5. The topological polar surface area (TPSA) is 94.5 Å². The predicted octanol–water partition coefficient (Wildman–Crippen LogP) is 3.25. The Morgan fingerprint density at radius 2 is 2.18 bits per heavy atom. The second-order valence-corrected chi connectivity index (χ2v) is 7.45. The molecular weight excluding hydrogens is 403 g/mol. The molecule has 2 atom stereocenters. The first-order valence-corrected chi connectivity index (χ1v) is 9.75. The summed E-state index contributed by atoms with van der Waals surface area (Å²) < 4.78 is 5.32. The van der Waals surface area contributed by atoms with Crippen LogP contribution in [0.15, 0.2) is 24.4 Å². The van der Waals surface area contributed by atoms with Crippen molar-refractivity contribution >= 4 is 34.1 Å². The van der Waals surface area contributed by atoms with Crippen LogP contribution in [0.4, 0.5) is 0 Å². The maximum atomic E-state index is 10.9. The third-order valence-electron chi connectivity index (χ3n) is 5.06. The van der Waals surface area contributed by atoms with Gasteiger partial charge in [-0.3, -0.25) is 4.90 Å². The van der Waals surface area contributed by atoms with Gasteiger partial charge in [0.1, 0.15) is 6.61 Å². The standard InChI is InChI=1S/C19H20Cl2N4O3/c1-10-15-11-2-3-12(20)16(21)17(11)23-13(15)5-7-25(10)19(27)18-22-6-4-14(24-18)28-9-8-26/h2-4,6,10,19,23,26-27H,5,7-9H2,1H3/t10-,19?/m0/s1. The van der Waals surface area contributed by atoms with E-state index in [1.807, 2.05) is 17.9 Å². The van der Waals surface area contributed by atoms with E-state index in [0.717, 1.165) is 28.6 Å². The number of aromatic amines is 1. The lowest BCUT2D eigenvalue weighted by Gasteiger charge is -2.36. The number of ether oxygens (including phenoxy) is 1. The molecule has 1 unspecified atom stereocenters. The Morgan fingerprint density at radius 3 is 2.96 bits per heavy atom. The van der Waals surface area contributed by atoms with E-state index < -0.39 is 6.23 Å². The second-order valence-electron chi connectivity index (χ2n) is 6.66. The Morgan fingerprint density at radius 1 is 1.36 bits per heavy atom. The van der Waals surface area contributed by atoms with Crippen LogP contribution in [-0.2, 0) is 6.42 Å². The molecule has 0 fully saturated rings. The molecule has 3 aromatic rings. The van der Waals surface area contributed by atoms with Crippen molar-refractivity contribution in [3.63, 3.8) is 0 Å². The first-order valence-electron chi connectivity index (χ1n) is 9.00. The van der Waals surface area contributed by atoms with Gasteiger partial charge in [-0.1, -0.05) is 29.3 Å². The predicted molar refractivity (Wildman–Crippen MR) is 107 cm³/mol. The van der Waals surface area contributed by atoms with E-state index in [9.17, 15) is 5.11 Å². The molecule has 1 aliphatic rings. The fourth-order valence-electron chi connectivity index (χ4n) is 3.75. The number of nitrogens with zero attached hydrogens (tertiary/aromatic N) is 3. The fraction of sp³-hybridized carbons (Fsp3) is 0.368. The van der Waals surface area contributed by atoms with Gasteiger partial charge in [-0.15, -0.1) is 0 Å². The number of fused-ring (bicyclic) bond motifs is 3. The first-order chi connectivity index (χ1) is 13.5. The largest absolute Gasteiger partial charge is 0.475 e. The Bertz CT molecular complexity index is 1010. The summed E-state index contributed by atoms with van der Waals surface area (Å²) in [6.07, 6.45) is 1.26. The van der Waals surface area contributed by atoms with Crippen molar-refractivity contribution in [3.05, 3.63) is 51.5 Å². The minimum absolute atomic E-state index is 0.0876. The summed E-state index contributed by atoms with van der Waals surface area (Å²) in [7, 11) is 0. The molecule has 3 N–H and O–H groups in total. The zero-order chi connectivity index (χ0) is 19.8. The molecule has 0 bridgehead atoms. The summed E-state index contributed by atoms with van der Waals surface area (Å²) in [5.74, 6) is 0.573. The van der Waals surface area contributed by atoms with Gasteiger partial charge in [-0.25, -0.2) is 4.98 Å². The molecule has 0 radical (unpaired) electrons. The molecule has 1 aliphatic heterocycles. The normalized spacial score (nSPS) is 18.2. The molecule has 3 heterocycles. The third kappa shape index (κ3) is 3.33. The number of aliphatic hydroxyl groups excluding tert-OH is 2. The lowest BCUT2D eigenvalue weighted by molar-refractivity contribution is -0.0344. The maximum absolute atomic E-state index is 10.9. The highest BCUT2D eigenvalue weighted by Crippen LogP contribution is 2.41. The highest BCUT2D eigenvalue weighted by Gasteiger charge is 2.33. The lowest BCUT2D eigenvalue weighted by atomic mass is 9.96. The Balaban J connectivity index is 1.66. The average molecular weight is 423 g/mol. The summed E-state index contributed by atoms with van der Waals surface area (Å²) in [5, 5.41) is 21.8. The van der Waals surface area contributed by atoms with Crippen LogP contribution in [0.25, 0.3) is 10.9 Å². The third-order valence-corrected chi connectivity index (χ3v) is 5.86. The second kappa shape index (κ2) is 7.85. The van der Waals surface area contributed by atoms with E-state index in [0.29, 0.717) is 22.5 Å². The number of aromatic nitrogens is 3. The summed E-state index contributed by atoms with van der Waals surface area (Å²) >= 11 is 12.5. The van der Waals surface area contributed by atoms with E-state index >= 15 is 0 Å². The molecule has 1 aromatic carbocycles. The minimum Gasteiger partial charge on any atom is -0.475 e. The number of benzene rings is 1. The molecule has 0 amide bonds. The fourth-order valence-corrected chi connectivity index (χ4v) is 4.12. The van der Waals surface area contributed by atoms with E-state index in [1.54, 1.807) is 12.1 Å². The number of hydrogen-bond acceptors (Lipinski definition) is 6. The summed E-state index contributed by atoms with van der Waals surface area (Å²) in [5.41, 5.74) is 3.00. The van der Waals surface area contributed by atoms with Crippen LogP contribution in [0.3, 0.4) is 0 Å². The summed E-state index contributed by atoms with van der Waals surface area (Å²) in [6, 6.07) is 5.24. The van der Waals surface area contributed by atoms with Gasteiger partial charge in [-0.2, -0.15) is 4.98 Å². The van der Waals surface area contributed by atoms with Crippen molar-refractivity contribution in [2.75, 3.05) is 19.8 Å². The minimum atomic E-state index is -0.992. The zero-order valence-corrected chi connectivity index (χ0v) is 16.7. The van der Waals surface area contributed by atoms with Crippen molar-refractivity contribution in [3.8, 4) is 5.88 Å². The first kappa shape index (κ1) is 19.4. The van der Waals surface area contributed by atoms with E-state index in [-0.39, 0.29) is 25.1 Å². The van der Waals surface area contributed by atoms with Gasteiger partial charge in [0, 0.05) is 42.4 Å². The van der Waals surface area contributed by atoms with Gasteiger partial charge in [-0.05, 0) is 18.6 Å². The molecule has 0 saturated carbocycles. The number of rotatable bonds is 5. The van der Waals surface area contributed by atoms with Gasteiger partial charge < -0.3 is 19.9 Å². The number of hydrogen-bond donors (Lipinski definition) is 3. The van der Waals surface area contributed by atoms with Crippen LogP contribution in [0.1, 0.15) is 36.3 Å². The van der Waals surface area contributed by atoms with Crippen molar-refractivity contribution in [2.24, 2.45) is 0 Å². The van der Waals surface area contributed by atoms with Crippen LogP contribution in [0, 0.1) is 0 Å². The highest BCUT2D eigenvalue weighted by molar-refractivity contribution is 6.45. The van der Waals surface area contributed by atoms with Crippen LogP contribution in [-0.4, -0.2) is 49.8 Å². The molecule has 9 heteroatoms. The molecule has 7 nitrogen and oxygen atoms in total. The molecule has 0 saturated heterocycles. The van der Waals surface area contributed by atoms with Gasteiger partial charge >= 0.3 is 0 Å². The van der Waals surface area contributed by atoms with Crippen LogP contribution in [0.5, 0.6) is 5.88 Å². The Hall–Kier alpha value is -1.90. The van der Waals surface area contributed by atoms with Crippen LogP contribution < -0.4 is 4.74 Å². The van der Waals surface area contributed by atoms with Gasteiger partial charge in [0.2, 0.25) is 5.88 Å². The number of H-pyrrole nitrogens is 1. The van der Waals surface area contributed by atoms with E-state index in [1.165, 1.54) is 6.20 Å². The molecule has 4 rings (SSSR count). The summed E-state index contributed by atoms with van der Waals surface area (Å²) in [6.45, 7) is 2.68. The quantitative estimate of drug-likeness (QED) is 0.584. The van der Waals surface area contributed by atoms with Gasteiger partial charge in [0.05, 0.1) is 22.2 Å². The molecule has 28 heavy (non-hydrogen) atoms. The molecule has 0 aliphatic carbocycles. The monoisotopic (exact) mass is 422 g/mol. The van der Waals surface area contributed by atoms with Crippen LogP contribution >= 0.6 is 23.2 Å². The van der Waals surface area contributed by atoms with E-state index in [4.69, 9.17) is 33.0 Å². The van der Waals surface area contributed by atoms with Crippen LogP contribution in [0.2, 0.25) is 10.0 Å². The Kier molecular flexibility index (Phi) is 5.44. The van der Waals surface area contributed by atoms with Crippen molar-refractivity contribution in [2.45, 2.75) is 25.6 Å². The average Bonchev–Trinajstić information content (AvgIpc) is 3.09. The van der Waals surface area contributed by atoms with Gasteiger partial charge in [0.25, 0.3) is 0 Å². The maximum Gasteiger partial charge on any atom is 0.216 e. The number of halogens is 2. The molecule has 0 spiro atoms. The van der Waals surface area contributed by atoms with Crippen molar-refractivity contribution < 1.29 is 14.9 Å². The Labute approximate surface area is 171 Å². The molecular formula is C19H20Cl2N4O3. The number of aliphatic hydroxyl groups is 2. The van der Waals surface area contributed by atoms with Crippen molar-refractivity contribution in [1.82, 2.24) is 19.9 Å². The molecule has 148 valence electrons. The number of nitrogens with one attached hydrogen (secondary N) is 1. The van der Waals surface area contributed by atoms with Gasteiger partial charge in [0.15, 0.2) is 12.1 Å². The molecule has 2 aromatic heterocycles. The smallest absolute Gasteiger partial charge is 0.216 e. The van der Waals surface area contributed by atoms with Crippen molar-refractivity contribution in [1.29, 1.82) is 0 Å². The summed E-state index contributed by atoms with van der Waals surface area (Å²) in [4.78, 5) is 13.8.